The van der Waals surface area contributed by atoms with Crippen LogP contribution in [0.5, 0.6) is 0 Å². The van der Waals surface area contributed by atoms with Crippen LogP contribution < -0.4 is 5.32 Å². The first kappa shape index (κ1) is 15.2. The van der Waals surface area contributed by atoms with Crippen molar-refractivity contribution in [1.82, 2.24) is 5.32 Å². The molecule has 2 unspecified atom stereocenters. The minimum Gasteiger partial charge on any atom is -0.349 e. The average Bonchev–Trinajstić information content (AvgIpc) is 2.69. The number of carbonyl (C=O) groups excluding carboxylic acids is 1. The highest BCUT2D eigenvalue weighted by molar-refractivity contribution is 6.18. The lowest BCUT2D eigenvalue weighted by atomic mass is 9.77. The maximum absolute atomic E-state index is 12.6. The monoisotopic (exact) mass is 285 g/mol. The Labute approximate surface area is 122 Å². The molecule has 0 radical (unpaired) electrons. The summed E-state index contributed by atoms with van der Waals surface area (Å²) in [6.07, 6.45) is 4.48. The van der Waals surface area contributed by atoms with Gasteiger partial charge in [0.2, 0.25) is 5.91 Å². The largest absolute Gasteiger partial charge is 0.349 e. The van der Waals surface area contributed by atoms with Gasteiger partial charge in [-0.1, -0.05) is 47.5 Å². The van der Waals surface area contributed by atoms with Gasteiger partial charge >= 0.3 is 0 Å². The van der Waals surface area contributed by atoms with E-state index in [1.807, 2.05) is 0 Å². The smallest absolute Gasteiger partial charge is 0.224 e. The van der Waals surface area contributed by atoms with Crippen molar-refractivity contribution in [2.75, 3.05) is 5.88 Å². The molecule has 0 aromatic heterocycles. The van der Waals surface area contributed by atoms with Gasteiger partial charge in [0.05, 0.1) is 5.54 Å². The van der Waals surface area contributed by atoms with Crippen molar-refractivity contribution >= 4 is 17.5 Å². The Bertz CT molecular complexity index is 363. The molecule has 0 bridgehead atoms. The average molecular weight is 286 g/mol. The molecule has 1 N–H and O–H groups in total. The summed E-state index contributed by atoms with van der Waals surface area (Å²) in [6.45, 7) is 11.0. The molecule has 0 heterocycles. The highest BCUT2D eigenvalue weighted by Crippen LogP contribution is 2.68. The number of hydrogen-bond donors (Lipinski definition) is 1. The molecule has 0 aromatic rings. The van der Waals surface area contributed by atoms with E-state index in [4.69, 9.17) is 11.6 Å². The van der Waals surface area contributed by atoms with E-state index in [2.05, 4.69) is 39.9 Å². The maximum Gasteiger partial charge on any atom is 0.224 e. The first-order valence-electron chi connectivity index (χ1n) is 7.54. The summed E-state index contributed by atoms with van der Waals surface area (Å²) in [5.74, 6) is 1.53. The van der Waals surface area contributed by atoms with Crippen LogP contribution in [0.2, 0.25) is 0 Å². The third-order valence-electron chi connectivity index (χ3n) is 6.02. The Morgan fingerprint density at radius 1 is 1.26 bits per heavy atom. The summed E-state index contributed by atoms with van der Waals surface area (Å²) in [4.78, 5) is 12.6. The zero-order valence-corrected chi connectivity index (χ0v) is 13.7. The van der Waals surface area contributed by atoms with E-state index >= 15 is 0 Å². The SMILES string of the molecule is CC1CCCC(CCl)(NC(=O)C2C(C)(C)C2(C)C)C1. The van der Waals surface area contributed by atoms with E-state index < -0.39 is 0 Å². The van der Waals surface area contributed by atoms with E-state index in [0.717, 1.165) is 12.8 Å². The van der Waals surface area contributed by atoms with Crippen molar-refractivity contribution in [3.63, 3.8) is 0 Å². The molecule has 2 rings (SSSR count). The lowest BCUT2D eigenvalue weighted by Gasteiger charge is -2.39. The summed E-state index contributed by atoms with van der Waals surface area (Å²) in [5.41, 5.74) is 0.0425. The van der Waals surface area contributed by atoms with Crippen LogP contribution in [0.1, 0.15) is 60.3 Å². The highest BCUT2D eigenvalue weighted by atomic mass is 35.5. The molecule has 0 saturated heterocycles. The molecule has 0 aliphatic heterocycles. The number of amides is 1. The van der Waals surface area contributed by atoms with Gasteiger partial charge in [-0.15, -0.1) is 11.6 Å². The second kappa shape index (κ2) is 4.65. The number of halogens is 1. The van der Waals surface area contributed by atoms with Gasteiger partial charge in [0.1, 0.15) is 0 Å². The Balaban J connectivity index is 2.06. The highest BCUT2D eigenvalue weighted by Gasteiger charge is 2.68. The Hall–Kier alpha value is -0.240. The van der Waals surface area contributed by atoms with Gasteiger partial charge in [-0.05, 0) is 29.6 Å². The number of rotatable bonds is 3. The van der Waals surface area contributed by atoms with E-state index in [0.29, 0.717) is 11.8 Å². The van der Waals surface area contributed by atoms with E-state index in [9.17, 15) is 4.79 Å². The summed E-state index contributed by atoms with van der Waals surface area (Å²) in [5, 5.41) is 3.31. The first-order chi connectivity index (χ1) is 8.66. The van der Waals surface area contributed by atoms with Crippen LogP contribution in [0, 0.1) is 22.7 Å². The predicted molar refractivity (Wildman–Crippen MR) is 80.3 cm³/mol. The lowest BCUT2D eigenvalue weighted by molar-refractivity contribution is -0.125. The minimum absolute atomic E-state index is 0.102. The van der Waals surface area contributed by atoms with E-state index in [1.165, 1.54) is 12.8 Å². The van der Waals surface area contributed by atoms with Gasteiger partial charge < -0.3 is 5.32 Å². The fraction of sp³-hybridized carbons (Fsp3) is 0.938. The van der Waals surface area contributed by atoms with Gasteiger partial charge in [0.25, 0.3) is 0 Å². The molecule has 0 spiro atoms. The van der Waals surface area contributed by atoms with Crippen molar-refractivity contribution in [3.8, 4) is 0 Å². The fourth-order valence-corrected chi connectivity index (χ4v) is 4.42. The molecule has 2 saturated carbocycles. The number of alkyl halides is 1. The van der Waals surface area contributed by atoms with Crippen LogP contribution in [0.3, 0.4) is 0 Å². The van der Waals surface area contributed by atoms with Gasteiger partial charge in [-0.25, -0.2) is 0 Å². The van der Waals surface area contributed by atoms with Crippen LogP contribution >= 0.6 is 11.6 Å². The maximum atomic E-state index is 12.6. The van der Waals surface area contributed by atoms with Crippen molar-refractivity contribution in [2.24, 2.45) is 22.7 Å². The molecule has 2 fully saturated rings. The molecular formula is C16H28ClNO. The number of hydrogen-bond acceptors (Lipinski definition) is 1. The molecule has 0 aromatic carbocycles. The number of carbonyl (C=O) groups is 1. The van der Waals surface area contributed by atoms with Crippen LogP contribution in [-0.4, -0.2) is 17.3 Å². The van der Waals surface area contributed by atoms with E-state index in [1.54, 1.807) is 0 Å². The second-order valence-electron chi connectivity index (χ2n) is 7.98. The summed E-state index contributed by atoms with van der Waals surface area (Å²) in [7, 11) is 0. The molecule has 19 heavy (non-hydrogen) atoms. The van der Waals surface area contributed by atoms with Crippen LogP contribution in [0.15, 0.2) is 0 Å². The topological polar surface area (TPSA) is 29.1 Å². The van der Waals surface area contributed by atoms with E-state index in [-0.39, 0.29) is 28.2 Å². The molecule has 110 valence electrons. The van der Waals surface area contributed by atoms with Crippen molar-refractivity contribution in [1.29, 1.82) is 0 Å². The normalized spacial score (nSPS) is 36.8. The molecule has 2 nitrogen and oxygen atoms in total. The molecule has 1 amide bonds. The second-order valence-corrected chi connectivity index (χ2v) is 8.25. The Morgan fingerprint density at radius 3 is 2.26 bits per heavy atom. The van der Waals surface area contributed by atoms with Crippen LogP contribution in [0.25, 0.3) is 0 Å². The molecule has 2 aliphatic rings. The fourth-order valence-electron chi connectivity index (χ4n) is 4.11. The van der Waals surface area contributed by atoms with Gasteiger partial charge in [0.15, 0.2) is 0 Å². The zero-order chi connectivity index (χ0) is 14.5. The first-order valence-corrected chi connectivity index (χ1v) is 8.08. The third-order valence-corrected chi connectivity index (χ3v) is 6.53. The Morgan fingerprint density at radius 2 is 1.84 bits per heavy atom. The molecular weight excluding hydrogens is 258 g/mol. The lowest BCUT2D eigenvalue weighted by Crippen LogP contribution is -2.53. The van der Waals surface area contributed by atoms with Gasteiger partial charge in [-0.2, -0.15) is 0 Å². The summed E-state index contributed by atoms with van der Waals surface area (Å²) >= 11 is 6.20. The van der Waals surface area contributed by atoms with Crippen molar-refractivity contribution in [3.05, 3.63) is 0 Å². The summed E-state index contributed by atoms with van der Waals surface area (Å²) < 4.78 is 0. The minimum atomic E-state index is -0.162. The third kappa shape index (κ3) is 2.41. The number of nitrogens with one attached hydrogen (secondary N) is 1. The van der Waals surface area contributed by atoms with Crippen molar-refractivity contribution in [2.45, 2.75) is 65.8 Å². The molecule has 2 atom stereocenters. The Kier molecular flexibility index (Phi) is 3.71. The molecule has 3 heteroatoms. The standard InChI is InChI=1S/C16H28ClNO/c1-11-7-6-8-16(9-11,10-17)18-13(19)12-14(2,3)15(12,4)5/h11-12H,6-10H2,1-5H3,(H,18,19). The zero-order valence-electron chi connectivity index (χ0n) is 13.0. The van der Waals surface area contributed by atoms with Gasteiger partial charge in [0, 0.05) is 11.8 Å². The summed E-state index contributed by atoms with van der Waals surface area (Å²) in [6, 6.07) is 0. The quantitative estimate of drug-likeness (QED) is 0.781. The molecule has 2 aliphatic carbocycles. The van der Waals surface area contributed by atoms with Crippen molar-refractivity contribution < 1.29 is 4.79 Å². The predicted octanol–water partition coefficient (Wildman–Crippen LogP) is 3.97. The van der Waals surface area contributed by atoms with Gasteiger partial charge in [-0.3, -0.25) is 4.79 Å². The van der Waals surface area contributed by atoms with Crippen LogP contribution in [-0.2, 0) is 4.79 Å². The van der Waals surface area contributed by atoms with Crippen LogP contribution in [0.4, 0.5) is 0 Å².